The van der Waals surface area contributed by atoms with Crippen LogP contribution in [0.1, 0.15) is 70.8 Å². The molecule has 2 aromatic heterocycles. The maximum absolute atomic E-state index is 13.1. The Labute approximate surface area is 188 Å². The number of nitrogens with one attached hydrogen (secondary N) is 1. The van der Waals surface area contributed by atoms with Crippen molar-refractivity contribution < 1.29 is 23.2 Å². The summed E-state index contributed by atoms with van der Waals surface area (Å²) in [6.45, 7) is 10.4. The number of furan rings is 1. The summed E-state index contributed by atoms with van der Waals surface area (Å²) in [5.41, 5.74) is 3.32. The van der Waals surface area contributed by atoms with E-state index in [0.29, 0.717) is 23.7 Å². The third-order valence-corrected chi connectivity index (χ3v) is 6.02. The Balaban J connectivity index is 1.51. The third-order valence-electron chi connectivity index (χ3n) is 6.02. The molecule has 1 amide bonds. The van der Waals surface area contributed by atoms with Crippen molar-refractivity contribution in [1.82, 2.24) is 10.5 Å². The zero-order valence-corrected chi connectivity index (χ0v) is 19.5. The standard InChI is InChI=1S/C25H30N2O5/c1-14-9-18-20(11-25(4,5)12-23(18)31-14)26-24(28)17-7-8-21(22(10-17)29-6)30-13-19-15(2)27-32-16(19)3/h7-10,20H,11-13H2,1-6H3,(H,26,28). The Morgan fingerprint density at radius 2 is 2.00 bits per heavy atom. The van der Waals surface area contributed by atoms with Crippen LogP contribution < -0.4 is 14.8 Å². The first-order chi connectivity index (χ1) is 15.2. The molecule has 0 saturated heterocycles. The second-order valence-corrected chi connectivity index (χ2v) is 9.26. The van der Waals surface area contributed by atoms with Crippen LogP contribution in [0.3, 0.4) is 0 Å². The van der Waals surface area contributed by atoms with E-state index in [9.17, 15) is 4.79 Å². The highest BCUT2D eigenvalue weighted by Crippen LogP contribution is 2.42. The van der Waals surface area contributed by atoms with Crippen molar-refractivity contribution in [1.29, 1.82) is 0 Å². The molecule has 0 bridgehead atoms. The molecule has 4 rings (SSSR count). The molecular weight excluding hydrogens is 408 g/mol. The van der Waals surface area contributed by atoms with Crippen molar-refractivity contribution >= 4 is 5.91 Å². The van der Waals surface area contributed by atoms with Gasteiger partial charge in [0.25, 0.3) is 5.91 Å². The van der Waals surface area contributed by atoms with Crippen molar-refractivity contribution in [3.8, 4) is 11.5 Å². The average Bonchev–Trinajstić information content (AvgIpc) is 3.26. The van der Waals surface area contributed by atoms with Crippen LogP contribution in [0.25, 0.3) is 0 Å². The number of methoxy groups -OCH3 is 1. The van der Waals surface area contributed by atoms with E-state index in [1.807, 2.05) is 26.8 Å². The molecule has 7 nitrogen and oxygen atoms in total. The maximum atomic E-state index is 13.1. The van der Waals surface area contributed by atoms with Gasteiger partial charge >= 0.3 is 0 Å². The number of benzene rings is 1. The van der Waals surface area contributed by atoms with Gasteiger partial charge in [0.1, 0.15) is 23.9 Å². The van der Waals surface area contributed by atoms with Gasteiger partial charge < -0.3 is 23.7 Å². The number of rotatable bonds is 6. The molecule has 0 spiro atoms. The number of aryl methyl sites for hydroxylation is 3. The van der Waals surface area contributed by atoms with Crippen LogP contribution >= 0.6 is 0 Å². The first-order valence-corrected chi connectivity index (χ1v) is 10.8. The SMILES string of the molecule is COc1cc(C(=O)NC2CC(C)(C)Cc3oc(C)cc32)ccc1OCc1c(C)noc1C. The number of hydrogen-bond donors (Lipinski definition) is 1. The van der Waals surface area contributed by atoms with Gasteiger partial charge in [-0.05, 0) is 56.9 Å². The third kappa shape index (κ3) is 4.38. The molecule has 1 N–H and O–H groups in total. The van der Waals surface area contributed by atoms with E-state index < -0.39 is 0 Å². The van der Waals surface area contributed by atoms with Crippen LogP contribution in [0, 0.1) is 26.2 Å². The van der Waals surface area contributed by atoms with Crippen molar-refractivity contribution in [2.24, 2.45) is 5.41 Å². The first kappa shape index (κ1) is 22.0. The Bertz CT molecular complexity index is 1120. The lowest BCUT2D eigenvalue weighted by atomic mass is 9.74. The highest BCUT2D eigenvalue weighted by atomic mass is 16.5. The van der Waals surface area contributed by atoms with Crippen LogP contribution in [-0.4, -0.2) is 18.2 Å². The number of hydrogen-bond acceptors (Lipinski definition) is 6. The summed E-state index contributed by atoms with van der Waals surface area (Å²) in [5, 5.41) is 7.13. The topological polar surface area (TPSA) is 86.7 Å². The molecule has 7 heteroatoms. The minimum atomic E-state index is -0.159. The van der Waals surface area contributed by atoms with E-state index in [-0.39, 0.29) is 17.4 Å². The highest BCUT2D eigenvalue weighted by Gasteiger charge is 2.35. The summed E-state index contributed by atoms with van der Waals surface area (Å²) in [6, 6.07) is 7.13. The summed E-state index contributed by atoms with van der Waals surface area (Å²) < 4.78 is 22.5. The van der Waals surface area contributed by atoms with Gasteiger partial charge in [0, 0.05) is 17.5 Å². The van der Waals surface area contributed by atoms with Crippen LogP contribution in [0.4, 0.5) is 0 Å². The number of fused-ring (bicyclic) bond motifs is 1. The second-order valence-electron chi connectivity index (χ2n) is 9.26. The monoisotopic (exact) mass is 438 g/mol. The highest BCUT2D eigenvalue weighted by molar-refractivity contribution is 5.95. The Morgan fingerprint density at radius 1 is 1.22 bits per heavy atom. The Hall–Kier alpha value is -3.22. The van der Waals surface area contributed by atoms with E-state index in [2.05, 4.69) is 24.3 Å². The molecule has 1 aromatic carbocycles. The largest absolute Gasteiger partial charge is 0.493 e. The fraction of sp³-hybridized carbons (Fsp3) is 0.440. The minimum absolute atomic E-state index is 0.0445. The molecule has 170 valence electrons. The van der Waals surface area contributed by atoms with Gasteiger partial charge in [0.05, 0.1) is 24.4 Å². The van der Waals surface area contributed by atoms with Gasteiger partial charge in [0.2, 0.25) is 0 Å². The zero-order valence-electron chi connectivity index (χ0n) is 19.5. The molecule has 0 radical (unpaired) electrons. The number of nitrogens with zero attached hydrogens (tertiary/aromatic N) is 1. The number of ether oxygens (including phenoxy) is 2. The maximum Gasteiger partial charge on any atom is 0.251 e. The number of carbonyl (C=O) groups excluding carboxylic acids is 1. The van der Waals surface area contributed by atoms with Gasteiger partial charge in [-0.15, -0.1) is 0 Å². The molecule has 1 unspecified atom stereocenters. The van der Waals surface area contributed by atoms with Gasteiger partial charge in [-0.25, -0.2) is 0 Å². The van der Waals surface area contributed by atoms with Crippen LogP contribution in [0.2, 0.25) is 0 Å². The van der Waals surface area contributed by atoms with Crippen molar-refractivity contribution in [2.75, 3.05) is 7.11 Å². The smallest absolute Gasteiger partial charge is 0.251 e. The molecule has 0 aliphatic heterocycles. The van der Waals surface area contributed by atoms with Crippen molar-refractivity contribution in [2.45, 2.75) is 60.1 Å². The van der Waals surface area contributed by atoms with E-state index >= 15 is 0 Å². The van der Waals surface area contributed by atoms with E-state index in [4.69, 9.17) is 18.4 Å². The molecule has 2 heterocycles. The lowest BCUT2D eigenvalue weighted by Gasteiger charge is -2.34. The number of carbonyl (C=O) groups is 1. The van der Waals surface area contributed by atoms with Gasteiger partial charge in [-0.2, -0.15) is 0 Å². The molecule has 3 aromatic rings. The van der Waals surface area contributed by atoms with Gasteiger partial charge in [0.15, 0.2) is 11.5 Å². The number of aromatic nitrogens is 1. The minimum Gasteiger partial charge on any atom is -0.493 e. The normalized spacial score (nSPS) is 17.0. The fourth-order valence-electron chi connectivity index (χ4n) is 4.34. The second kappa shape index (κ2) is 8.37. The Morgan fingerprint density at radius 3 is 2.69 bits per heavy atom. The lowest BCUT2D eigenvalue weighted by Crippen LogP contribution is -2.36. The summed E-state index contributed by atoms with van der Waals surface area (Å²) in [6.07, 6.45) is 1.72. The molecule has 1 atom stereocenters. The first-order valence-electron chi connectivity index (χ1n) is 10.8. The molecular formula is C25H30N2O5. The van der Waals surface area contributed by atoms with Crippen LogP contribution in [0.15, 0.2) is 33.2 Å². The molecule has 32 heavy (non-hydrogen) atoms. The van der Waals surface area contributed by atoms with E-state index in [0.717, 1.165) is 46.9 Å². The molecule has 1 aliphatic rings. The van der Waals surface area contributed by atoms with E-state index in [1.54, 1.807) is 25.3 Å². The Kier molecular flexibility index (Phi) is 5.75. The van der Waals surface area contributed by atoms with Gasteiger partial charge in [-0.3, -0.25) is 4.79 Å². The van der Waals surface area contributed by atoms with Crippen LogP contribution in [-0.2, 0) is 13.0 Å². The molecule has 1 aliphatic carbocycles. The summed E-state index contributed by atoms with van der Waals surface area (Å²) in [7, 11) is 1.56. The molecule has 0 fully saturated rings. The summed E-state index contributed by atoms with van der Waals surface area (Å²) >= 11 is 0. The van der Waals surface area contributed by atoms with Crippen molar-refractivity contribution in [3.05, 3.63) is 63.9 Å². The predicted molar refractivity (Wildman–Crippen MR) is 119 cm³/mol. The quantitative estimate of drug-likeness (QED) is 0.567. The fourth-order valence-corrected chi connectivity index (χ4v) is 4.34. The number of amides is 1. The van der Waals surface area contributed by atoms with Gasteiger partial charge in [-0.1, -0.05) is 19.0 Å². The van der Waals surface area contributed by atoms with Crippen molar-refractivity contribution in [3.63, 3.8) is 0 Å². The van der Waals surface area contributed by atoms with E-state index in [1.165, 1.54) is 0 Å². The summed E-state index contributed by atoms with van der Waals surface area (Å²) in [4.78, 5) is 13.1. The predicted octanol–water partition coefficient (Wildman–Crippen LogP) is 5.22. The summed E-state index contributed by atoms with van der Waals surface area (Å²) in [5.74, 6) is 3.44. The van der Waals surface area contributed by atoms with Crippen LogP contribution in [0.5, 0.6) is 11.5 Å². The average molecular weight is 439 g/mol. The molecule has 0 saturated carbocycles. The zero-order chi connectivity index (χ0) is 23.0. The lowest BCUT2D eigenvalue weighted by molar-refractivity contribution is 0.0917.